The van der Waals surface area contributed by atoms with Gasteiger partial charge in [-0.15, -0.1) is 0 Å². The molecular formula is C13H26FNOSi3. The van der Waals surface area contributed by atoms with Crippen molar-refractivity contribution in [1.82, 2.24) is 4.39 Å². The number of benzene rings is 1. The van der Waals surface area contributed by atoms with E-state index >= 15 is 4.11 Å². The normalized spacial score (nSPS) is 16.5. The first-order valence-corrected chi connectivity index (χ1v) is 15.9. The first-order chi connectivity index (χ1) is 8.44. The molecule has 108 valence electrons. The first-order valence-electron chi connectivity index (χ1n) is 6.68. The molecule has 0 spiro atoms. The molecule has 0 aliphatic carbocycles. The zero-order valence-electron chi connectivity index (χ0n) is 13.1. The quantitative estimate of drug-likeness (QED) is 0.465. The molecule has 0 saturated heterocycles. The van der Waals surface area contributed by atoms with Crippen LogP contribution in [0.5, 0.6) is 0 Å². The van der Waals surface area contributed by atoms with Gasteiger partial charge in [0.1, 0.15) is 16.5 Å². The number of nitrogens with zero attached hydrogens (tertiary/aromatic N) is 1. The highest BCUT2D eigenvalue weighted by Gasteiger charge is 2.44. The van der Waals surface area contributed by atoms with Crippen molar-refractivity contribution in [1.29, 1.82) is 0 Å². The van der Waals surface area contributed by atoms with Gasteiger partial charge in [0, 0.05) is 0 Å². The first kappa shape index (κ1) is 16.8. The van der Waals surface area contributed by atoms with Gasteiger partial charge in [0.2, 0.25) is 0 Å². The van der Waals surface area contributed by atoms with Gasteiger partial charge >= 0.3 is 8.65 Å². The monoisotopic (exact) mass is 315 g/mol. The van der Waals surface area contributed by atoms with Crippen LogP contribution in [0.1, 0.15) is 0 Å². The molecular weight excluding hydrogens is 289 g/mol. The van der Waals surface area contributed by atoms with Crippen LogP contribution >= 0.6 is 0 Å². The highest BCUT2D eigenvalue weighted by Crippen LogP contribution is 2.24. The van der Waals surface area contributed by atoms with Gasteiger partial charge in [-0.2, -0.15) is 0 Å². The number of rotatable bonds is 5. The zero-order valence-corrected chi connectivity index (χ0v) is 16.1. The Morgan fingerprint density at radius 3 is 1.63 bits per heavy atom. The zero-order chi connectivity index (χ0) is 14.9. The van der Waals surface area contributed by atoms with Crippen molar-refractivity contribution < 1.29 is 8.63 Å². The maximum Gasteiger partial charge on any atom is 0.427 e. The molecule has 0 radical (unpaired) electrons. The van der Waals surface area contributed by atoms with Crippen molar-refractivity contribution in [2.45, 2.75) is 45.8 Å². The van der Waals surface area contributed by atoms with Gasteiger partial charge in [0.05, 0.1) is 0 Å². The minimum absolute atomic E-state index is 0.705. The molecule has 0 aliphatic heterocycles. The third-order valence-corrected chi connectivity index (χ3v) is 11.7. The fourth-order valence-electron chi connectivity index (χ4n) is 2.24. The van der Waals surface area contributed by atoms with Crippen molar-refractivity contribution >= 4 is 30.3 Å². The summed E-state index contributed by atoms with van der Waals surface area (Å²) in [6.45, 7) is 14.9. The molecule has 0 amide bonds. The maximum absolute atomic E-state index is 15.1. The van der Waals surface area contributed by atoms with Gasteiger partial charge in [-0.25, -0.2) is 4.39 Å². The van der Waals surface area contributed by atoms with Crippen LogP contribution in [0.15, 0.2) is 30.3 Å². The summed E-state index contributed by atoms with van der Waals surface area (Å²) in [5.41, 5.74) is 0. The SMILES string of the molecule is C[Si](F)(ON([Si](C)(C)C)[Si](C)(C)C)c1ccccc1. The van der Waals surface area contributed by atoms with Crippen LogP contribution in [-0.2, 0) is 4.53 Å². The molecule has 2 nitrogen and oxygen atoms in total. The predicted molar refractivity (Wildman–Crippen MR) is 88.4 cm³/mol. The Bertz CT molecular complexity index is 398. The lowest BCUT2D eigenvalue weighted by Crippen LogP contribution is -2.64. The number of halogens is 1. The molecule has 0 bridgehead atoms. The summed E-state index contributed by atoms with van der Waals surface area (Å²) in [5, 5.41) is 0.705. The van der Waals surface area contributed by atoms with Crippen molar-refractivity contribution in [3.05, 3.63) is 30.3 Å². The van der Waals surface area contributed by atoms with E-state index in [9.17, 15) is 0 Å². The van der Waals surface area contributed by atoms with E-state index in [0.717, 1.165) is 0 Å². The van der Waals surface area contributed by atoms with Crippen molar-refractivity contribution in [2.24, 2.45) is 0 Å². The Labute approximate surface area is 120 Å². The van der Waals surface area contributed by atoms with Crippen LogP contribution in [0.3, 0.4) is 0 Å². The van der Waals surface area contributed by atoms with Gasteiger partial charge in [-0.05, 0) is 11.7 Å². The molecule has 1 unspecified atom stereocenters. The fraction of sp³-hybridized carbons (Fsp3) is 0.538. The highest BCUT2D eigenvalue weighted by molar-refractivity contribution is 6.90. The van der Waals surface area contributed by atoms with E-state index in [2.05, 4.69) is 43.7 Å². The standard InChI is InChI=1S/C13H26FNOSi3/c1-17(2,3)15(18(4,5)6)16-19(7,14)13-11-9-8-10-12-13/h8-12H,1-7H3. The molecule has 1 rings (SSSR count). The number of hydrogen-bond donors (Lipinski definition) is 0. The molecule has 1 atom stereocenters. The summed E-state index contributed by atoms with van der Waals surface area (Å²) in [5.74, 6) is 0. The average molecular weight is 316 g/mol. The van der Waals surface area contributed by atoms with Crippen molar-refractivity contribution in [3.8, 4) is 0 Å². The van der Waals surface area contributed by atoms with Gasteiger partial charge in [-0.1, -0.05) is 69.6 Å². The maximum atomic E-state index is 15.1. The van der Waals surface area contributed by atoms with Crippen LogP contribution in [0.25, 0.3) is 0 Å². The van der Waals surface area contributed by atoms with E-state index in [1.54, 1.807) is 6.55 Å². The van der Waals surface area contributed by atoms with Crippen molar-refractivity contribution in [2.75, 3.05) is 0 Å². The molecule has 0 heterocycles. The summed E-state index contributed by atoms with van der Waals surface area (Å²) < 4.78 is 23.1. The topological polar surface area (TPSA) is 12.5 Å². The summed E-state index contributed by atoms with van der Waals surface area (Å²) >= 11 is 0. The van der Waals surface area contributed by atoms with Crippen LogP contribution in [-0.4, -0.2) is 29.5 Å². The Kier molecular flexibility index (Phi) is 4.95. The lowest BCUT2D eigenvalue weighted by atomic mass is 10.4. The smallest absolute Gasteiger partial charge is 0.315 e. The Balaban J connectivity index is 3.03. The second-order valence-electron chi connectivity index (χ2n) is 7.01. The summed E-state index contributed by atoms with van der Waals surface area (Å²) in [4.78, 5) is 0. The highest BCUT2D eigenvalue weighted by atomic mass is 28.4. The van der Waals surface area contributed by atoms with E-state index in [4.69, 9.17) is 4.53 Å². The van der Waals surface area contributed by atoms with Gasteiger partial charge in [0.25, 0.3) is 0 Å². The molecule has 0 saturated carbocycles. The molecule has 1 aromatic rings. The van der Waals surface area contributed by atoms with Gasteiger partial charge in [-0.3, -0.25) is 4.11 Å². The lowest BCUT2D eigenvalue weighted by Gasteiger charge is -2.44. The Morgan fingerprint density at radius 2 is 1.26 bits per heavy atom. The van der Waals surface area contributed by atoms with Crippen LogP contribution in [0.2, 0.25) is 45.8 Å². The Morgan fingerprint density at radius 1 is 0.842 bits per heavy atom. The molecule has 0 N–H and O–H groups in total. The second-order valence-corrected chi connectivity index (χ2v) is 19.5. The van der Waals surface area contributed by atoms with Crippen LogP contribution < -0.4 is 5.19 Å². The van der Waals surface area contributed by atoms with Gasteiger partial charge in [0.15, 0.2) is 0 Å². The lowest BCUT2D eigenvalue weighted by molar-refractivity contribution is 0.0795. The van der Waals surface area contributed by atoms with E-state index in [-0.39, 0.29) is 0 Å². The third kappa shape index (κ3) is 4.64. The molecule has 19 heavy (non-hydrogen) atoms. The number of hydrogen-bond acceptors (Lipinski definition) is 2. The largest absolute Gasteiger partial charge is 0.427 e. The third-order valence-electron chi connectivity index (χ3n) is 2.77. The summed E-state index contributed by atoms with van der Waals surface area (Å²) in [7, 11) is -6.76. The van der Waals surface area contributed by atoms with Crippen LogP contribution in [0.4, 0.5) is 4.11 Å². The molecule has 0 fully saturated rings. The van der Waals surface area contributed by atoms with Crippen LogP contribution in [0, 0.1) is 0 Å². The summed E-state index contributed by atoms with van der Waals surface area (Å²) in [6, 6.07) is 9.31. The molecule has 6 heteroatoms. The average Bonchev–Trinajstić information content (AvgIpc) is 2.24. The Hall–Kier alpha value is -0.279. The van der Waals surface area contributed by atoms with E-state index in [1.807, 2.05) is 30.3 Å². The second kappa shape index (κ2) is 5.61. The summed E-state index contributed by atoms with van der Waals surface area (Å²) in [6.07, 6.45) is 0. The molecule has 0 aromatic heterocycles. The minimum atomic E-state index is -3.37. The van der Waals surface area contributed by atoms with E-state index in [0.29, 0.717) is 5.19 Å². The minimum Gasteiger partial charge on any atom is -0.315 e. The van der Waals surface area contributed by atoms with Gasteiger partial charge < -0.3 is 4.53 Å². The van der Waals surface area contributed by atoms with Crippen molar-refractivity contribution in [3.63, 3.8) is 0 Å². The predicted octanol–water partition coefficient (Wildman–Crippen LogP) is 3.84. The van der Waals surface area contributed by atoms with E-state index < -0.39 is 25.1 Å². The molecule has 1 aromatic carbocycles. The molecule has 0 aliphatic rings. The van der Waals surface area contributed by atoms with E-state index in [1.165, 1.54) is 0 Å². The fourth-order valence-corrected chi connectivity index (χ4v) is 14.7.